The van der Waals surface area contributed by atoms with Crippen LogP contribution in [0, 0.1) is 0 Å². The van der Waals surface area contributed by atoms with Crippen LogP contribution in [-0.4, -0.2) is 9.97 Å². The Kier molecular flexibility index (Phi) is 3.48. The summed E-state index contributed by atoms with van der Waals surface area (Å²) in [7, 11) is 0. The Hall–Kier alpha value is -1.46. The van der Waals surface area contributed by atoms with Crippen molar-refractivity contribution in [1.29, 1.82) is 0 Å². The first-order valence-electron chi connectivity index (χ1n) is 6.32. The maximum atomic E-state index is 5.84. The molecule has 0 radical (unpaired) electrons. The highest BCUT2D eigenvalue weighted by atomic mass is 32.1. The van der Waals surface area contributed by atoms with Crippen molar-refractivity contribution in [3.05, 3.63) is 39.8 Å². The standard InChI is InChI=1S/C14H15N3S2/c1-2-3-11-13(19-14(15)17-11)7-9-4-5-10-12(6-9)18-8-16-10/h4-6,8H,2-3,7H2,1H3,(H2,15,17). The van der Waals surface area contributed by atoms with Crippen molar-refractivity contribution in [3.8, 4) is 0 Å². The highest BCUT2D eigenvalue weighted by Gasteiger charge is 2.10. The van der Waals surface area contributed by atoms with Crippen molar-refractivity contribution in [2.75, 3.05) is 5.73 Å². The molecule has 3 nitrogen and oxygen atoms in total. The van der Waals surface area contributed by atoms with Crippen LogP contribution in [0.3, 0.4) is 0 Å². The Morgan fingerprint density at radius 2 is 2.21 bits per heavy atom. The summed E-state index contributed by atoms with van der Waals surface area (Å²) in [6.07, 6.45) is 3.02. The summed E-state index contributed by atoms with van der Waals surface area (Å²) in [5, 5.41) is 0.678. The van der Waals surface area contributed by atoms with Gasteiger partial charge >= 0.3 is 0 Å². The van der Waals surface area contributed by atoms with E-state index < -0.39 is 0 Å². The average molecular weight is 289 g/mol. The summed E-state index contributed by atoms with van der Waals surface area (Å²) in [6.45, 7) is 2.17. The number of aromatic nitrogens is 2. The number of hydrogen-bond acceptors (Lipinski definition) is 5. The van der Waals surface area contributed by atoms with Crippen LogP contribution in [0.5, 0.6) is 0 Å². The van der Waals surface area contributed by atoms with Crippen LogP contribution in [0.25, 0.3) is 10.2 Å². The van der Waals surface area contributed by atoms with E-state index in [0.29, 0.717) is 5.13 Å². The lowest BCUT2D eigenvalue weighted by Crippen LogP contribution is -1.92. The van der Waals surface area contributed by atoms with Gasteiger partial charge in [-0.3, -0.25) is 0 Å². The molecule has 0 aliphatic heterocycles. The summed E-state index contributed by atoms with van der Waals surface area (Å²) >= 11 is 3.29. The fraction of sp³-hybridized carbons (Fsp3) is 0.286. The third-order valence-corrected chi connectivity index (χ3v) is 4.76. The molecule has 1 aromatic carbocycles. The van der Waals surface area contributed by atoms with E-state index in [9.17, 15) is 0 Å². The number of nitrogens with two attached hydrogens (primary N) is 1. The first kappa shape index (κ1) is 12.6. The second kappa shape index (κ2) is 5.27. The molecule has 0 unspecified atom stereocenters. The van der Waals surface area contributed by atoms with Gasteiger partial charge in [-0.05, 0) is 24.1 Å². The van der Waals surface area contributed by atoms with Gasteiger partial charge in [0.05, 0.1) is 21.4 Å². The minimum Gasteiger partial charge on any atom is -0.375 e. The first-order chi connectivity index (χ1) is 9.26. The zero-order valence-corrected chi connectivity index (χ0v) is 12.4. The molecule has 0 fully saturated rings. The molecule has 3 rings (SSSR count). The third-order valence-electron chi connectivity index (χ3n) is 3.04. The maximum Gasteiger partial charge on any atom is 0.180 e. The number of anilines is 1. The van der Waals surface area contributed by atoms with Crippen LogP contribution in [0.1, 0.15) is 29.5 Å². The topological polar surface area (TPSA) is 51.8 Å². The molecule has 98 valence electrons. The van der Waals surface area contributed by atoms with E-state index in [0.717, 1.165) is 30.5 Å². The van der Waals surface area contributed by atoms with Crippen LogP contribution in [0.4, 0.5) is 5.13 Å². The van der Waals surface area contributed by atoms with E-state index in [1.807, 2.05) is 5.51 Å². The molecular weight excluding hydrogens is 274 g/mol. The Bertz CT molecular complexity index is 700. The van der Waals surface area contributed by atoms with E-state index >= 15 is 0 Å². The summed E-state index contributed by atoms with van der Waals surface area (Å²) in [6, 6.07) is 6.46. The SMILES string of the molecule is CCCc1nc(N)sc1Cc1ccc2ncsc2c1. The molecule has 0 saturated carbocycles. The molecule has 2 aromatic heterocycles. The van der Waals surface area contributed by atoms with E-state index in [1.54, 1.807) is 22.7 Å². The Morgan fingerprint density at radius 1 is 1.32 bits per heavy atom. The summed E-state index contributed by atoms with van der Waals surface area (Å²) in [4.78, 5) is 10.0. The van der Waals surface area contributed by atoms with Gasteiger partial charge in [-0.2, -0.15) is 0 Å². The van der Waals surface area contributed by atoms with Gasteiger partial charge in [0.25, 0.3) is 0 Å². The number of fused-ring (bicyclic) bond motifs is 1. The number of nitrogens with zero attached hydrogens (tertiary/aromatic N) is 2. The lowest BCUT2D eigenvalue weighted by atomic mass is 10.1. The van der Waals surface area contributed by atoms with Gasteiger partial charge in [-0.25, -0.2) is 9.97 Å². The molecule has 2 heterocycles. The van der Waals surface area contributed by atoms with Crippen LogP contribution in [0.2, 0.25) is 0 Å². The molecular formula is C14H15N3S2. The van der Waals surface area contributed by atoms with Crippen molar-refractivity contribution in [3.63, 3.8) is 0 Å². The highest BCUT2D eigenvalue weighted by Crippen LogP contribution is 2.26. The van der Waals surface area contributed by atoms with Crippen molar-refractivity contribution >= 4 is 38.0 Å². The fourth-order valence-electron chi connectivity index (χ4n) is 2.17. The quantitative estimate of drug-likeness (QED) is 0.793. The molecule has 5 heteroatoms. The first-order valence-corrected chi connectivity index (χ1v) is 8.02. The van der Waals surface area contributed by atoms with Crippen LogP contribution in [0.15, 0.2) is 23.7 Å². The molecule has 2 N–H and O–H groups in total. The lowest BCUT2D eigenvalue weighted by Gasteiger charge is -2.01. The second-order valence-electron chi connectivity index (χ2n) is 4.50. The van der Waals surface area contributed by atoms with Crippen LogP contribution in [-0.2, 0) is 12.8 Å². The number of hydrogen-bond donors (Lipinski definition) is 1. The summed E-state index contributed by atoms with van der Waals surface area (Å²) in [5.74, 6) is 0. The van der Waals surface area contributed by atoms with Gasteiger partial charge in [-0.1, -0.05) is 19.4 Å². The average Bonchev–Trinajstić information content (AvgIpc) is 2.97. The second-order valence-corrected chi connectivity index (χ2v) is 6.50. The van der Waals surface area contributed by atoms with Gasteiger partial charge < -0.3 is 5.73 Å². The smallest absolute Gasteiger partial charge is 0.180 e. The predicted octanol–water partition coefficient (Wildman–Crippen LogP) is 3.88. The highest BCUT2D eigenvalue weighted by molar-refractivity contribution is 7.16. The number of nitrogen functional groups attached to an aromatic ring is 1. The van der Waals surface area contributed by atoms with E-state index in [4.69, 9.17) is 5.73 Å². The maximum absolute atomic E-state index is 5.84. The van der Waals surface area contributed by atoms with Crippen LogP contribution < -0.4 is 5.73 Å². The van der Waals surface area contributed by atoms with Crippen molar-refractivity contribution in [2.45, 2.75) is 26.2 Å². The van der Waals surface area contributed by atoms with Gasteiger partial charge in [0.2, 0.25) is 0 Å². The zero-order valence-electron chi connectivity index (χ0n) is 10.7. The van der Waals surface area contributed by atoms with Gasteiger partial charge in [0, 0.05) is 11.3 Å². The Morgan fingerprint density at radius 3 is 3.05 bits per heavy atom. The minimum absolute atomic E-state index is 0.678. The van der Waals surface area contributed by atoms with Crippen molar-refractivity contribution in [2.24, 2.45) is 0 Å². The molecule has 0 amide bonds. The largest absolute Gasteiger partial charge is 0.375 e. The Labute approximate surface area is 120 Å². The van der Waals surface area contributed by atoms with Gasteiger partial charge in [0.1, 0.15) is 0 Å². The summed E-state index contributed by atoms with van der Waals surface area (Å²) in [5.41, 5.74) is 11.3. The molecule has 0 aliphatic rings. The zero-order chi connectivity index (χ0) is 13.2. The normalized spacial score (nSPS) is 11.2. The van der Waals surface area contributed by atoms with E-state index in [1.165, 1.54) is 15.1 Å². The van der Waals surface area contributed by atoms with Gasteiger partial charge in [-0.15, -0.1) is 22.7 Å². The number of thiazole rings is 2. The molecule has 3 aromatic rings. The molecule has 0 aliphatic carbocycles. The number of aryl methyl sites for hydroxylation is 1. The lowest BCUT2D eigenvalue weighted by molar-refractivity contribution is 0.879. The summed E-state index contributed by atoms with van der Waals surface area (Å²) < 4.78 is 1.24. The van der Waals surface area contributed by atoms with Crippen LogP contribution >= 0.6 is 22.7 Å². The Balaban J connectivity index is 1.91. The van der Waals surface area contributed by atoms with Crippen molar-refractivity contribution in [1.82, 2.24) is 9.97 Å². The van der Waals surface area contributed by atoms with E-state index in [2.05, 4.69) is 35.1 Å². The number of rotatable bonds is 4. The van der Waals surface area contributed by atoms with E-state index in [-0.39, 0.29) is 0 Å². The van der Waals surface area contributed by atoms with Crippen molar-refractivity contribution < 1.29 is 0 Å². The molecule has 0 spiro atoms. The monoisotopic (exact) mass is 289 g/mol. The number of benzene rings is 1. The van der Waals surface area contributed by atoms with Gasteiger partial charge in [0.15, 0.2) is 5.13 Å². The third kappa shape index (κ3) is 2.62. The predicted molar refractivity (Wildman–Crippen MR) is 82.9 cm³/mol. The molecule has 0 bridgehead atoms. The molecule has 19 heavy (non-hydrogen) atoms. The fourth-order valence-corrected chi connectivity index (χ4v) is 3.82. The minimum atomic E-state index is 0.678. The molecule has 0 saturated heterocycles. The molecule has 0 atom stereocenters.